The normalized spacial score (nSPS) is 20.7. The van der Waals surface area contributed by atoms with Crippen LogP contribution in [0.3, 0.4) is 0 Å². The zero-order valence-corrected chi connectivity index (χ0v) is 15.9. The second-order valence-corrected chi connectivity index (χ2v) is 8.58. The highest BCUT2D eigenvalue weighted by Crippen LogP contribution is 2.15. The van der Waals surface area contributed by atoms with Crippen molar-refractivity contribution in [3.05, 3.63) is 35.9 Å². The summed E-state index contributed by atoms with van der Waals surface area (Å²) in [5, 5.41) is 5.71. The van der Waals surface area contributed by atoms with E-state index in [1.165, 1.54) is 4.31 Å². The number of hydrogen-bond acceptors (Lipinski definition) is 4. The van der Waals surface area contributed by atoms with Gasteiger partial charge >= 0.3 is 0 Å². The first-order valence-electron chi connectivity index (χ1n) is 8.89. The molecule has 0 aromatic heterocycles. The summed E-state index contributed by atoms with van der Waals surface area (Å²) in [4.78, 5) is 24.4. The molecule has 144 valence electrons. The summed E-state index contributed by atoms with van der Waals surface area (Å²) in [6.45, 7) is 1.38. The number of sulfonamides is 1. The summed E-state index contributed by atoms with van der Waals surface area (Å²) in [7, 11) is -3.36. The fraction of sp³-hybridized carbons (Fsp3) is 0.556. The Morgan fingerprint density at radius 1 is 1.23 bits per heavy atom. The Morgan fingerprint density at radius 3 is 2.65 bits per heavy atom. The maximum absolute atomic E-state index is 12.5. The molecule has 2 amide bonds. The van der Waals surface area contributed by atoms with E-state index < -0.39 is 10.0 Å². The predicted octanol–water partition coefficient (Wildman–Crippen LogP) is 0.871. The van der Waals surface area contributed by atoms with E-state index in [-0.39, 0.29) is 30.7 Å². The van der Waals surface area contributed by atoms with Gasteiger partial charge in [-0.05, 0) is 24.8 Å². The minimum Gasteiger partial charge on any atom is -0.356 e. The minimum absolute atomic E-state index is 0.0618. The van der Waals surface area contributed by atoms with E-state index in [4.69, 9.17) is 0 Å². The predicted molar refractivity (Wildman–Crippen MR) is 99.7 cm³/mol. The van der Waals surface area contributed by atoms with Crippen molar-refractivity contribution in [1.82, 2.24) is 14.9 Å². The van der Waals surface area contributed by atoms with Gasteiger partial charge in [0.2, 0.25) is 21.8 Å². The first-order chi connectivity index (χ1) is 12.4. The Morgan fingerprint density at radius 2 is 1.96 bits per heavy atom. The molecule has 1 aromatic rings. The molecule has 1 atom stereocenters. The van der Waals surface area contributed by atoms with Gasteiger partial charge in [0.25, 0.3) is 0 Å². The van der Waals surface area contributed by atoms with Gasteiger partial charge in [0.1, 0.15) is 0 Å². The molecule has 2 N–H and O–H groups in total. The van der Waals surface area contributed by atoms with Gasteiger partial charge in [-0.2, -0.15) is 0 Å². The van der Waals surface area contributed by atoms with Gasteiger partial charge in [0, 0.05) is 38.5 Å². The van der Waals surface area contributed by atoms with Crippen LogP contribution in [-0.4, -0.2) is 50.4 Å². The minimum atomic E-state index is -3.36. The standard InChI is InChI=1S/C18H27N3O4S/c1-26(24,25)21-12-5-8-16(9-11-19-17(22)10-13-21)18(23)20-14-15-6-3-2-4-7-15/h2-4,6-7,16H,5,8-14H2,1H3,(H,19,22)(H,20,23). The van der Waals surface area contributed by atoms with Crippen LogP contribution < -0.4 is 10.6 Å². The molecule has 2 rings (SSSR count). The summed E-state index contributed by atoms with van der Waals surface area (Å²) in [5.74, 6) is -0.504. The summed E-state index contributed by atoms with van der Waals surface area (Å²) < 4.78 is 25.0. The van der Waals surface area contributed by atoms with Gasteiger partial charge in [-0.25, -0.2) is 12.7 Å². The van der Waals surface area contributed by atoms with Crippen molar-refractivity contribution >= 4 is 21.8 Å². The van der Waals surface area contributed by atoms with Gasteiger partial charge in [-0.15, -0.1) is 0 Å². The van der Waals surface area contributed by atoms with Crippen LogP contribution in [0.5, 0.6) is 0 Å². The van der Waals surface area contributed by atoms with Crippen LogP contribution in [0.15, 0.2) is 30.3 Å². The lowest BCUT2D eigenvalue weighted by Gasteiger charge is -2.20. The molecule has 7 nitrogen and oxygen atoms in total. The number of carbonyl (C=O) groups is 2. The number of nitrogens with one attached hydrogen (secondary N) is 2. The van der Waals surface area contributed by atoms with Crippen LogP contribution >= 0.6 is 0 Å². The lowest BCUT2D eigenvalue weighted by atomic mass is 9.98. The summed E-state index contributed by atoms with van der Waals surface area (Å²) in [6.07, 6.45) is 3.00. The van der Waals surface area contributed by atoms with Crippen molar-refractivity contribution in [2.45, 2.75) is 32.2 Å². The number of benzene rings is 1. The summed E-state index contributed by atoms with van der Waals surface area (Å²) >= 11 is 0. The van der Waals surface area contributed by atoms with Crippen molar-refractivity contribution < 1.29 is 18.0 Å². The molecule has 1 aliphatic rings. The van der Waals surface area contributed by atoms with E-state index in [1.54, 1.807) is 0 Å². The van der Waals surface area contributed by atoms with E-state index in [0.717, 1.165) is 11.8 Å². The van der Waals surface area contributed by atoms with Crippen molar-refractivity contribution in [3.63, 3.8) is 0 Å². The fourth-order valence-electron chi connectivity index (χ4n) is 2.99. The molecule has 0 saturated carbocycles. The number of rotatable bonds is 4. The SMILES string of the molecule is CS(=O)(=O)N1CCCC(C(=O)NCc2ccccc2)CCNC(=O)CC1. The van der Waals surface area contributed by atoms with E-state index in [1.807, 2.05) is 30.3 Å². The van der Waals surface area contributed by atoms with Gasteiger partial charge in [-0.3, -0.25) is 9.59 Å². The zero-order valence-electron chi connectivity index (χ0n) is 15.1. The van der Waals surface area contributed by atoms with E-state index in [0.29, 0.717) is 38.9 Å². The lowest BCUT2D eigenvalue weighted by molar-refractivity contribution is -0.126. The molecule has 1 aromatic carbocycles. The highest BCUT2D eigenvalue weighted by Gasteiger charge is 2.23. The molecule has 1 heterocycles. The number of amides is 2. The van der Waals surface area contributed by atoms with Gasteiger partial charge in [-0.1, -0.05) is 30.3 Å². The second kappa shape index (κ2) is 9.68. The van der Waals surface area contributed by atoms with Gasteiger partial charge < -0.3 is 10.6 Å². The monoisotopic (exact) mass is 381 g/mol. The third-order valence-electron chi connectivity index (χ3n) is 4.51. The maximum Gasteiger partial charge on any atom is 0.223 e. The Labute approximate surface area is 155 Å². The maximum atomic E-state index is 12.5. The number of hydrogen-bond donors (Lipinski definition) is 2. The van der Waals surface area contributed by atoms with E-state index >= 15 is 0 Å². The molecule has 1 unspecified atom stereocenters. The van der Waals surface area contributed by atoms with Crippen molar-refractivity contribution in [2.24, 2.45) is 5.92 Å². The Kier molecular flexibility index (Phi) is 7.59. The quantitative estimate of drug-likeness (QED) is 0.809. The fourth-order valence-corrected chi connectivity index (χ4v) is 3.88. The highest BCUT2D eigenvalue weighted by molar-refractivity contribution is 7.88. The molecular weight excluding hydrogens is 354 g/mol. The first kappa shape index (κ1) is 20.4. The molecule has 1 fully saturated rings. The first-order valence-corrected chi connectivity index (χ1v) is 10.7. The molecule has 26 heavy (non-hydrogen) atoms. The number of nitrogens with zero attached hydrogens (tertiary/aromatic N) is 1. The Balaban J connectivity index is 1.96. The number of carbonyl (C=O) groups excluding carboxylic acids is 2. The third kappa shape index (κ3) is 6.76. The van der Waals surface area contributed by atoms with Crippen molar-refractivity contribution in [1.29, 1.82) is 0 Å². The largest absolute Gasteiger partial charge is 0.356 e. The molecular formula is C18H27N3O4S. The lowest BCUT2D eigenvalue weighted by Crippen LogP contribution is -2.35. The summed E-state index contributed by atoms with van der Waals surface area (Å²) in [6, 6.07) is 9.66. The second-order valence-electron chi connectivity index (χ2n) is 6.59. The molecule has 0 radical (unpaired) electrons. The molecule has 8 heteroatoms. The average molecular weight is 381 g/mol. The van der Waals surface area contributed by atoms with E-state index in [9.17, 15) is 18.0 Å². The Hall–Kier alpha value is -1.93. The summed E-state index contributed by atoms with van der Waals surface area (Å²) in [5.41, 5.74) is 1.02. The topological polar surface area (TPSA) is 95.6 Å². The Bertz CT molecular complexity index is 706. The smallest absolute Gasteiger partial charge is 0.223 e. The van der Waals surface area contributed by atoms with Crippen LogP contribution in [0.1, 0.15) is 31.2 Å². The van der Waals surface area contributed by atoms with Crippen LogP contribution in [-0.2, 0) is 26.2 Å². The third-order valence-corrected chi connectivity index (χ3v) is 5.82. The van der Waals surface area contributed by atoms with Crippen LogP contribution in [0.4, 0.5) is 0 Å². The molecule has 0 aliphatic carbocycles. The van der Waals surface area contributed by atoms with Gasteiger partial charge in [0.15, 0.2) is 0 Å². The molecule has 0 spiro atoms. The van der Waals surface area contributed by atoms with Crippen LogP contribution in [0, 0.1) is 5.92 Å². The molecule has 0 bridgehead atoms. The van der Waals surface area contributed by atoms with Gasteiger partial charge in [0.05, 0.1) is 6.26 Å². The van der Waals surface area contributed by atoms with E-state index in [2.05, 4.69) is 10.6 Å². The molecule has 1 saturated heterocycles. The zero-order chi connectivity index (χ0) is 19.0. The van der Waals surface area contributed by atoms with Crippen molar-refractivity contribution in [2.75, 3.05) is 25.9 Å². The highest BCUT2D eigenvalue weighted by atomic mass is 32.2. The van der Waals surface area contributed by atoms with Crippen LogP contribution in [0.2, 0.25) is 0 Å². The van der Waals surface area contributed by atoms with Crippen LogP contribution in [0.25, 0.3) is 0 Å². The molecule has 1 aliphatic heterocycles. The average Bonchev–Trinajstić information content (AvgIpc) is 2.64. The van der Waals surface area contributed by atoms with Crippen molar-refractivity contribution in [3.8, 4) is 0 Å².